The minimum absolute atomic E-state index is 0.0452. The highest BCUT2D eigenvalue weighted by atomic mass is 32.2. The van der Waals surface area contributed by atoms with Crippen LogP contribution in [0.1, 0.15) is 11.1 Å². The minimum Gasteiger partial charge on any atom is -0.497 e. The number of hydrogen-bond acceptors (Lipinski definition) is 8. The van der Waals surface area contributed by atoms with Crippen LogP contribution in [0.25, 0.3) is 17.1 Å². The number of nitrogens with zero attached hydrogens (tertiary/aromatic N) is 5. The largest absolute Gasteiger partial charge is 0.573 e. The lowest BCUT2D eigenvalue weighted by atomic mass is 10.1. The van der Waals surface area contributed by atoms with Crippen molar-refractivity contribution >= 4 is 46.8 Å². The van der Waals surface area contributed by atoms with Crippen molar-refractivity contribution in [3.05, 3.63) is 95.3 Å². The zero-order valence-electron chi connectivity index (χ0n) is 22.7. The van der Waals surface area contributed by atoms with Crippen LogP contribution in [-0.4, -0.2) is 51.1 Å². The fraction of sp³-hybridized carbons (Fsp3) is 0.138. The molecule has 220 valence electrons. The van der Waals surface area contributed by atoms with E-state index >= 15 is 0 Å². The molecule has 1 N–H and O–H groups in total. The van der Waals surface area contributed by atoms with Crippen molar-refractivity contribution in [3.8, 4) is 28.6 Å². The normalized spacial score (nSPS) is 14.5. The molecule has 0 unspecified atom stereocenters. The van der Waals surface area contributed by atoms with Gasteiger partial charge in [0.2, 0.25) is 5.91 Å². The Morgan fingerprint density at radius 2 is 1.88 bits per heavy atom. The number of aromatic nitrogens is 3. The van der Waals surface area contributed by atoms with Gasteiger partial charge in [-0.2, -0.15) is 5.10 Å². The molecular formula is C29H23F3N6O3S2. The van der Waals surface area contributed by atoms with Crippen molar-refractivity contribution in [2.75, 3.05) is 17.8 Å². The van der Waals surface area contributed by atoms with Gasteiger partial charge >= 0.3 is 6.36 Å². The second-order valence-electron chi connectivity index (χ2n) is 9.07. The average Bonchev–Trinajstić information content (AvgIpc) is 3.60. The zero-order chi connectivity index (χ0) is 30.6. The number of halogens is 3. The third-order valence-corrected chi connectivity index (χ3v) is 7.27. The molecule has 0 bridgehead atoms. The molecule has 14 heteroatoms. The number of hydrazone groups is 1. The van der Waals surface area contributed by atoms with Gasteiger partial charge in [-0.25, -0.2) is 9.67 Å². The molecule has 2 heterocycles. The summed E-state index contributed by atoms with van der Waals surface area (Å²) in [6, 6.07) is 18.1. The number of carbonyl (C=O) groups is 1. The maximum absolute atomic E-state index is 12.6. The number of thiocarbonyl (C=S) groups is 1. The molecule has 1 aliphatic heterocycles. The van der Waals surface area contributed by atoms with E-state index in [1.54, 1.807) is 30.4 Å². The SMILES string of the molecule is COc1ccc(N2C(=O)CS/C2=C\C(=S)N/N=C/c2cccc(-c3ncn(-c4ccc(OC(F)(F)F)cc4)n3)c2)c(C)c1. The molecule has 1 fully saturated rings. The Labute approximate surface area is 254 Å². The number of thioether (sulfide) groups is 1. The Balaban J connectivity index is 1.24. The molecule has 3 aromatic carbocycles. The molecule has 0 spiro atoms. The number of hydrogen-bond donors (Lipinski definition) is 1. The van der Waals surface area contributed by atoms with Gasteiger partial charge in [0.05, 0.1) is 35.5 Å². The van der Waals surface area contributed by atoms with Crippen LogP contribution in [0.3, 0.4) is 0 Å². The summed E-state index contributed by atoms with van der Waals surface area (Å²) in [6.07, 6.45) is -0.0168. The number of carbonyl (C=O) groups excluding carboxylic acids is 1. The fourth-order valence-corrected chi connectivity index (χ4v) is 5.32. The fourth-order valence-electron chi connectivity index (χ4n) is 4.15. The molecule has 0 saturated carbocycles. The van der Waals surface area contributed by atoms with E-state index in [1.165, 1.54) is 47.0 Å². The van der Waals surface area contributed by atoms with E-state index in [1.807, 2.05) is 43.3 Å². The maximum Gasteiger partial charge on any atom is 0.573 e. The first-order valence-electron chi connectivity index (χ1n) is 12.6. The molecule has 0 radical (unpaired) electrons. The van der Waals surface area contributed by atoms with Crippen LogP contribution in [0.5, 0.6) is 11.5 Å². The molecule has 0 atom stereocenters. The number of amides is 1. The summed E-state index contributed by atoms with van der Waals surface area (Å²) < 4.78 is 47.9. The quantitative estimate of drug-likeness (QED) is 0.110. The Morgan fingerprint density at radius 1 is 1.12 bits per heavy atom. The van der Waals surface area contributed by atoms with Crippen LogP contribution in [0, 0.1) is 6.92 Å². The molecule has 43 heavy (non-hydrogen) atoms. The van der Waals surface area contributed by atoms with E-state index in [9.17, 15) is 18.0 Å². The number of nitrogens with one attached hydrogen (secondary N) is 1. The van der Waals surface area contributed by atoms with Crippen LogP contribution in [0.2, 0.25) is 0 Å². The Bertz CT molecular complexity index is 1720. The highest BCUT2D eigenvalue weighted by Gasteiger charge is 2.31. The van der Waals surface area contributed by atoms with Gasteiger partial charge in [-0.1, -0.05) is 42.2 Å². The van der Waals surface area contributed by atoms with E-state index in [0.29, 0.717) is 38.6 Å². The van der Waals surface area contributed by atoms with E-state index in [4.69, 9.17) is 17.0 Å². The molecule has 1 amide bonds. The van der Waals surface area contributed by atoms with Gasteiger partial charge in [-0.3, -0.25) is 15.1 Å². The van der Waals surface area contributed by atoms with Gasteiger partial charge in [-0.05, 0) is 66.6 Å². The van der Waals surface area contributed by atoms with Crippen molar-refractivity contribution in [3.63, 3.8) is 0 Å². The van der Waals surface area contributed by atoms with E-state index < -0.39 is 6.36 Å². The van der Waals surface area contributed by atoms with Crippen LogP contribution in [-0.2, 0) is 4.79 Å². The van der Waals surface area contributed by atoms with Crippen LogP contribution < -0.4 is 19.8 Å². The summed E-state index contributed by atoms with van der Waals surface area (Å²) >= 11 is 6.84. The second-order valence-corrected chi connectivity index (χ2v) is 10.5. The Morgan fingerprint density at radius 3 is 2.60 bits per heavy atom. The summed E-state index contributed by atoms with van der Waals surface area (Å²) in [4.78, 5) is 18.9. The van der Waals surface area contributed by atoms with Crippen LogP contribution >= 0.6 is 24.0 Å². The van der Waals surface area contributed by atoms with Crippen molar-refractivity contribution in [1.82, 2.24) is 20.2 Å². The lowest BCUT2D eigenvalue weighted by Gasteiger charge is -2.20. The van der Waals surface area contributed by atoms with Crippen molar-refractivity contribution in [1.29, 1.82) is 0 Å². The summed E-state index contributed by atoms with van der Waals surface area (Å²) in [5.74, 6) is 1.05. The average molecular weight is 625 g/mol. The number of methoxy groups -OCH3 is 1. The number of rotatable bonds is 8. The van der Waals surface area contributed by atoms with Gasteiger partial charge < -0.3 is 9.47 Å². The number of aryl methyl sites for hydroxylation is 1. The lowest BCUT2D eigenvalue weighted by Crippen LogP contribution is -2.25. The maximum atomic E-state index is 12.6. The first-order chi connectivity index (χ1) is 20.6. The predicted octanol–water partition coefficient (Wildman–Crippen LogP) is 6.02. The minimum atomic E-state index is -4.76. The third kappa shape index (κ3) is 7.40. The van der Waals surface area contributed by atoms with Gasteiger partial charge in [0.1, 0.15) is 22.8 Å². The number of ether oxygens (including phenoxy) is 2. The summed E-state index contributed by atoms with van der Waals surface area (Å²) in [5.41, 5.74) is 6.43. The van der Waals surface area contributed by atoms with Crippen LogP contribution in [0.15, 0.2) is 89.3 Å². The predicted molar refractivity (Wildman–Crippen MR) is 163 cm³/mol. The van der Waals surface area contributed by atoms with Gasteiger partial charge in [0.25, 0.3) is 0 Å². The smallest absolute Gasteiger partial charge is 0.497 e. The molecular weight excluding hydrogens is 601 g/mol. The van der Waals surface area contributed by atoms with Gasteiger partial charge in [0.15, 0.2) is 5.82 Å². The molecule has 1 saturated heterocycles. The monoisotopic (exact) mass is 624 g/mol. The van der Waals surface area contributed by atoms with Crippen LogP contribution in [0.4, 0.5) is 18.9 Å². The molecule has 4 aromatic rings. The summed E-state index contributed by atoms with van der Waals surface area (Å²) in [5, 5.41) is 9.35. The van der Waals surface area contributed by atoms with E-state index in [2.05, 4.69) is 25.3 Å². The highest BCUT2D eigenvalue weighted by Crippen LogP contribution is 2.36. The standard InChI is InChI=1S/C29H23F3N6O3S2/c1-18-12-23(40-2)10-11-24(18)38-26(39)16-43-27(38)14-25(42)35-34-15-19-4-3-5-20(13-19)28-33-17-37(36-28)21-6-8-22(9-7-21)41-29(30,31)32/h3-15,17H,16H2,1-2H3,(H,35,42)/b27-14-,34-15+. The van der Waals surface area contributed by atoms with E-state index in [-0.39, 0.29) is 11.7 Å². The summed E-state index contributed by atoms with van der Waals surface area (Å²) in [7, 11) is 1.59. The number of anilines is 1. The molecule has 1 aromatic heterocycles. The Hall–Kier alpha value is -4.69. The Kier molecular flexibility index (Phi) is 8.78. The topological polar surface area (TPSA) is 93.9 Å². The second kappa shape index (κ2) is 12.7. The first kappa shape index (κ1) is 29.8. The molecule has 5 rings (SSSR count). The van der Waals surface area contributed by atoms with Crippen molar-refractivity contribution in [2.45, 2.75) is 13.3 Å². The number of alkyl halides is 3. The van der Waals surface area contributed by atoms with E-state index in [0.717, 1.165) is 16.8 Å². The number of benzene rings is 3. The molecule has 0 aliphatic carbocycles. The van der Waals surface area contributed by atoms with Gasteiger partial charge in [-0.15, -0.1) is 18.3 Å². The summed E-state index contributed by atoms with van der Waals surface area (Å²) in [6.45, 7) is 1.91. The molecule has 9 nitrogen and oxygen atoms in total. The highest BCUT2D eigenvalue weighted by molar-refractivity contribution is 8.04. The van der Waals surface area contributed by atoms with Gasteiger partial charge in [0, 0.05) is 11.6 Å². The lowest BCUT2D eigenvalue weighted by molar-refractivity contribution is -0.274. The van der Waals surface area contributed by atoms with Crippen molar-refractivity contribution in [2.24, 2.45) is 5.10 Å². The zero-order valence-corrected chi connectivity index (χ0v) is 24.3. The third-order valence-electron chi connectivity index (χ3n) is 6.07. The molecule has 1 aliphatic rings. The first-order valence-corrected chi connectivity index (χ1v) is 14.0. The van der Waals surface area contributed by atoms with Crippen molar-refractivity contribution < 1.29 is 27.4 Å².